The minimum Gasteiger partial charge on any atom is -0.396 e. The van der Waals surface area contributed by atoms with Gasteiger partial charge in [0.2, 0.25) is 0 Å². The Morgan fingerprint density at radius 2 is 2.27 bits per heavy atom. The molecule has 0 bridgehead atoms. The summed E-state index contributed by atoms with van der Waals surface area (Å²) in [6, 6.07) is 2.09. The van der Waals surface area contributed by atoms with E-state index in [0.717, 1.165) is 12.1 Å². The van der Waals surface area contributed by atoms with E-state index in [2.05, 4.69) is 24.1 Å². The molecule has 1 rings (SSSR count). The van der Waals surface area contributed by atoms with E-state index in [-0.39, 0.29) is 12.6 Å². The minimum absolute atomic E-state index is 0.181. The fraction of sp³-hybridized carbons (Fsp3) is 0.545. The third-order valence-electron chi connectivity index (χ3n) is 2.44. The van der Waals surface area contributed by atoms with Crippen LogP contribution in [0.3, 0.4) is 0 Å². The number of aromatic nitrogens is 1. The van der Waals surface area contributed by atoms with Crippen LogP contribution in [0, 0.1) is 5.92 Å². The summed E-state index contributed by atoms with van der Waals surface area (Å²) in [7, 11) is 0. The largest absolute Gasteiger partial charge is 0.396 e. The van der Waals surface area contributed by atoms with Crippen LogP contribution >= 0.6 is 0 Å². The smallest absolute Gasteiger partial charge is 0.0736 e. The highest BCUT2D eigenvalue weighted by atomic mass is 16.3. The Hall–Kier alpha value is -1.29. The number of anilines is 2. The molecule has 0 radical (unpaired) electrons. The van der Waals surface area contributed by atoms with Crippen molar-refractivity contribution in [3.05, 3.63) is 18.5 Å². The number of nitrogens with one attached hydrogen (secondary N) is 1. The van der Waals surface area contributed by atoms with Crippen LogP contribution in [-0.4, -0.2) is 22.7 Å². The van der Waals surface area contributed by atoms with Gasteiger partial charge in [0.1, 0.15) is 0 Å². The molecule has 0 aliphatic carbocycles. The molecule has 0 aliphatic rings. The number of nitrogen functional groups attached to an aromatic ring is 1. The molecule has 0 saturated carbocycles. The molecule has 1 unspecified atom stereocenters. The average Bonchev–Trinajstić information content (AvgIpc) is 2.20. The Morgan fingerprint density at radius 3 is 2.80 bits per heavy atom. The lowest BCUT2D eigenvalue weighted by molar-refractivity contribution is 0.267. The fourth-order valence-corrected chi connectivity index (χ4v) is 1.45. The third kappa shape index (κ3) is 3.40. The normalized spacial score (nSPS) is 12.8. The second-order valence-electron chi connectivity index (χ2n) is 3.97. The maximum atomic E-state index is 8.95. The predicted octanol–water partition coefficient (Wildman–Crippen LogP) is 1.48. The molecule has 0 fully saturated rings. The van der Waals surface area contributed by atoms with Crippen LogP contribution in [0.25, 0.3) is 0 Å². The summed E-state index contributed by atoms with van der Waals surface area (Å²) in [6.45, 7) is 4.41. The third-order valence-corrected chi connectivity index (χ3v) is 2.44. The monoisotopic (exact) mass is 209 g/mol. The fourth-order valence-electron chi connectivity index (χ4n) is 1.45. The lowest BCUT2D eigenvalue weighted by Crippen LogP contribution is -2.27. The molecular formula is C11H19N3O. The number of aliphatic hydroxyl groups is 1. The summed E-state index contributed by atoms with van der Waals surface area (Å²) in [4.78, 5) is 3.93. The first-order chi connectivity index (χ1) is 7.15. The number of nitrogens with zero attached hydrogens (tertiary/aromatic N) is 1. The molecule has 0 spiro atoms. The zero-order valence-electron chi connectivity index (χ0n) is 9.27. The lowest BCUT2D eigenvalue weighted by atomic mass is 10.0. The highest BCUT2D eigenvalue weighted by Gasteiger charge is 2.13. The number of hydrogen-bond acceptors (Lipinski definition) is 4. The van der Waals surface area contributed by atoms with Gasteiger partial charge in [-0.2, -0.15) is 0 Å². The molecule has 15 heavy (non-hydrogen) atoms. The van der Waals surface area contributed by atoms with Crippen molar-refractivity contribution < 1.29 is 5.11 Å². The summed E-state index contributed by atoms with van der Waals surface area (Å²) in [5, 5.41) is 12.3. The van der Waals surface area contributed by atoms with E-state index in [1.165, 1.54) is 0 Å². The minimum atomic E-state index is 0.181. The van der Waals surface area contributed by atoms with Gasteiger partial charge in [-0.15, -0.1) is 0 Å². The molecule has 4 N–H and O–H groups in total. The summed E-state index contributed by atoms with van der Waals surface area (Å²) in [5.41, 5.74) is 7.30. The van der Waals surface area contributed by atoms with Gasteiger partial charge >= 0.3 is 0 Å². The van der Waals surface area contributed by atoms with Gasteiger partial charge < -0.3 is 16.2 Å². The highest BCUT2D eigenvalue weighted by Crippen LogP contribution is 2.19. The molecule has 0 saturated heterocycles. The summed E-state index contributed by atoms with van der Waals surface area (Å²) >= 11 is 0. The van der Waals surface area contributed by atoms with Crippen molar-refractivity contribution in [1.29, 1.82) is 0 Å². The van der Waals surface area contributed by atoms with Crippen molar-refractivity contribution in [2.45, 2.75) is 26.3 Å². The molecule has 1 heterocycles. The molecule has 0 aromatic carbocycles. The Balaban J connectivity index is 2.69. The Morgan fingerprint density at radius 1 is 1.53 bits per heavy atom. The van der Waals surface area contributed by atoms with Crippen molar-refractivity contribution in [3.63, 3.8) is 0 Å². The van der Waals surface area contributed by atoms with Gasteiger partial charge in [0.05, 0.1) is 17.6 Å². The average molecular weight is 209 g/mol. The summed E-state index contributed by atoms with van der Waals surface area (Å²) < 4.78 is 0. The molecule has 4 heteroatoms. The molecule has 84 valence electrons. The SMILES string of the molecule is CC(C)C(CCO)Nc1ccncc1N. The van der Waals surface area contributed by atoms with E-state index < -0.39 is 0 Å². The molecule has 0 aliphatic heterocycles. The van der Waals surface area contributed by atoms with Crippen LogP contribution in [0.1, 0.15) is 20.3 Å². The van der Waals surface area contributed by atoms with Crippen molar-refractivity contribution in [1.82, 2.24) is 4.98 Å². The number of aliphatic hydroxyl groups excluding tert-OH is 1. The molecule has 1 atom stereocenters. The van der Waals surface area contributed by atoms with Gasteiger partial charge in [0, 0.05) is 18.8 Å². The van der Waals surface area contributed by atoms with Gasteiger partial charge in [-0.25, -0.2) is 0 Å². The summed E-state index contributed by atoms with van der Waals surface area (Å²) in [6.07, 6.45) is 4.05. The van der Waals surface area contributed by atoms with Crippen LogP contribution in [0.4, 0.5) is 11.4 Å². The standard InChI is InChI=1S/C11H19N3O/c1-8(2)10(4-6-15)14-11-3-5-13-7-9(11)12/h3,5,7-8,10,15H,4,6,12H2,1-2H3,(H,13,14). The van der Waals surface area contributed by atoms with E-state index in [9.17, 15) is 0 Å². The Bertz CT molecular complexity index is 302. The predicted molar refractivity (Wildman–Crippen MR) is 62.6 cm³/mol. The van der Waals surface area contributed by atoms with E-state index in [0.29, 0.717) is 11.6 Å². The highest BCUT2D eigenvalue weighted by molar-refractivity contribution is 5.64. The summed E-state index contributed by atoms with van der Waals surface area (Å²) in [5.74, 6) is 0.449. The first-order valence-electron chi connectivity index (χ1n) is 5.22. The second kappa shape index (κ2) is 5.56. The van der Waals surface area contributed by atoms with E-state index in [4.69, 9.17) is 10.8 Å². The van der Waals surface area contributed by atoms with Crippen LogP contribution in [-0.2, 0) is 0 Å². The topological polar surface area (TPSA) is 71.2 Å². The van der Waals surface area contributed by atoms with Crippen LogP contribution < -0.4 is 11.1 Å². The van der Waals surface area contributed by atoms with Crippen molar-refractivity contribution in [2.24, 2.45) is 5.92 Å². The van der Waals surface area contributed by atoms with Crippen molar-refractivity contribution >= 4 is 11.4 Å². The van der Waals surface area contributed by atoms with E-state index in [1.54, 1.807) is 12.4 Å². The number of pyridine rings is 1. The van der Waals surface area contributed by atoms with Crippen LogP contribution in [0.2, 0.25) is 0 Å². The Kier molecular flexibility index (Phi) is 4.37. The molecule has 4 nitrogen and oxygen atoms in total. The zero-order valence-corrected chi connectivity index (χ0v) is 9.27. The van der Waals surface area contributed by atoms with Gasteiger partial charge in [-0.05, 0) is 18.4 Å². The van der Waals surface area contributed by atoms with Gasteiger partial charge in [0.15, 0.2) is 0 Å². The lowest BCUT2D eigenvalue weighted by Gasteiger charge is -2.23. The molecule has 1 aromatic heterocycles. The molecule has 1 aromatic rings. The number of nitrogens with two attached hydrogens (primary N) is 1. The first-order valence-corrected chi connectivity index (χ1v) is 5.22. The zero-order chi connectivity index (χ0) is 11.3. The second-order valence-corrected chi connectivity index (χ2v) is 3.97. The number of rotatable bonds is 5. The van der Waals surface area contributed by atoms with Crippen LogP contribution in [0.15, 0.2) is 18.5 Å². The molecule has 0 amide bonds. The first kappa shape index (κ1) is 11.8. The van der Waals surface area contributed by atoms with Gasteiger partial charge in [-0.3, -0.25) is 4.98 Å². The van der Waals surface area contributed by atoms with Gasteiger partial charge in [-0.1, -0.05) is 13.8 Å². The van der Waals surface area contributed by atoms with Crippen molar-refractivity contribution in [3.8, 4) is 0 Å². The van der Waals surface area contributed by atoms with E-state index in [1.807, 2.05) is 6.07 Å². The quantitative estimate of drug-likeness (QED) is 0.687. The number of hydrogen-bond donors (Lipinski definition) is 3. The van der Waals surface area contributed by atoms with Crippen LogP contribution in [0.5, 0.6) is 0 Å². The van der Waals surface area contributed by atoms with Gasteiger partial charge in [0.25, 0.3) is 0 Å². The van der Waals surface area contributed by atoms with Crippen molar-refractivity contribution in [2.75, 3.05) is 17.7 Å². The Labute approximate surface area is 90.5 Å². The molecular weight excluding hydrogens is 190 g/mol. The maximum Gasteiger partial charge on any atom is 0.0736 e. The van der Waals surface area contributed by atoms with E-state index >= 15 is 0 Å². The maximum absolute atomic E-state index is 8.95.